The first-order valence-electron chi connectivity index (χ1n) is 11.3. The van der Waals surface area contributed by atoms with Gasteiger partial charge in [-0.05, 0) is 61.0 Å². The molecule has 0 aliphatic carbocycles. The zero-order valence-corrected chi connectivity index (χ0v) is 20.0. The molecule has 7 heteroatoms. The van der Waals surface area contributed by atoms with Crippen LogP contribution in [0.25, 0.3) is 21.8 Å². The van der Waals surface area contributed by atoms with Gasteiger partial charge in [-0.25, -0.2) is 12.8 Å². The van der Waals surface area contributed by atoms with Gasteiger partial charge in [-0.15, -0.1) is 0 Å². The van der Waals surface area contributed by atoms with Crippen LogP contribution in [0, 0.1) is 12.7 Å². The third-order valence-corrected chi connectivity index (χ3v) is 7.95. The summed E-state index contributed by atoms with van der Waals surface area (Å²) in [4.78, 5) is -0.0375. The lowest BCUT2D eigenvalue weighted by atomic mass is 10.2. The maximum atomic E-state index is 13.6. The van der Waals surface area contributed by atoms with Gasteiger partial charge in [0.25, 0.3) is 10.0 Å². The minimum Gasteiger partial charge on any atom is -0.389 e. The highest BCUT2D eigenvalue weighted by Gasteiger charge is 2.28. The predicted molar refractivity (Wildman–Crippen MR) is 138 cm³/mol. The third-order valence-electron chi connectivity index (χ3n) is 6.14. The van der Waals surface area contributed by atoms with Crippen LogP contribution in [-0.2, 0) is 16.6 Å². The van der Waals surface area contributed by atoms with Gasteiger partial charge >= 0.3 is 0 Å². The van der Waals surface area contributed by atoms with E-state index in [0.717, 1.165) is 39.5 Å². The molecule has 0 saturated heterocycles. The Morgan fingerprint density at radius 2 is 1.46 bits per heavy atom. The molecule has 0 spiro atoms. The summed E-state index contributed by atoms with van der Waals surface area (Å²) in [5.74, 6) is -0.516. The van der Waals surface area contributed by atoms with Crippen molar-refractivity contribution >= 4 is 37.5 Å². The molecular formula is C28H25FN2O3S. The standard InChI is InChI=1S/C28H25FN2O3S/c1-20-7-6-8-22(17-20)31(35(33,34)24-15-13-21(29)14-16-24)19-23(32)18-30-27-11-4-2-9-25(27)26-10-3-5-12-28(26)30/h2-17,23,32H,18-19H2,1H3/t23-/m1/s1. The number of aliphatic hydroxyl groups is 1. The molecule has 1 N–H and O–H groups in total. The fraction of sp³-hybridized carbons (Fsp3) is 0.143. The zero-order valence-electron chi connectivity index (χ0n) is 19.2. The molecule has 0 amide bonds. The summed E-state index contributed by atoms with van der Waals surface area (Å²) in [5, 5.41) is 13.4. The molecule has 178 valence electrons. The zero-order chi connectivity index (χ0) is 24.6. The Balaban J connectivity index is 1.53. The number of sulfonamides is 1. The van der Waals surface area contributed by atoms with Gasteiger partial charge in [-0.1, -0.05) is 48.5 Å². The highest BCUT2D eigenvalue weighted by Crippen LogP contribution is 2.30. The molecule has 0 unspecified atom stereocenters. The van der Waals surface area contributed by atoms with Crippen LogP contribution in [0.15, 0.2) is 102 Å². The summed E-state index contributed by atoms with van der Waals surface area (Å²) in [6.07, 6.45) is -1.01. The number of hydrogen-bond donors (Lipinski definition) is 1. The molecule has 0 saturated carbocycles. The fourth-order valence-corrected chi connectivity index (χ4v) is 6.01. The van der Waals surface area contributed by atoms with Gasteiger partial charge in [0.2, 0.25) is 0 Å². The van der Waals surface area contributed by atoms with Crippen LogP contribution in [0.2, 0.25) is 0 Å². The molecule has 35 heavy (non-hydrogen) atoms. The second kappa shape index (κ2) is 9.17. The van der Waals surface area contributed by atoms with E-state index in [4.69, 9.17) is 0 Å². The summed E-state index contributed by atoms with van der Waals surface area (Å²) in [7, 11) is -4.05. The first kappa shape index (κ1) is 23.1. The molecule has 4 aromatic carbocycles. The number of para-hydroxylation sites is 2. The van der Waals surface area contributed by atoms with Crippen LogP contribution in [0.4, 0.5) is 10.1 Å². The Labute approximate surface area is 203 Å². The number of halogens is 1. The fourth-order valence-electron chi connectivity index (χ4n) is 4.52. The molecule has 0 aliphatic heterocycles. The van der Waals surface area contributed by atoms with Gasteiger partial charge in [0.1, 0.15) is 5.82 Å². The molecule has 5 nitrogen and oxygen atoms in total. The van der Waals surface area contributed by atoms with E-state index in [1.54, 1.807) is 18.2 Å². The van der Waals surface area contributed by atoms with Crippen molar-refractivity contribution in [3.8, 4) is 0 Å². The topological polar surface area (TPSA) is 62.5 Å². The maximum absolute atomic E-state index is 13.6. The summed E-state index contributed by atoms with van der Waals surface area (Å²) in [6.45, 7) is 1.92. The Morgan fingerprint density at radius 1 is 0.857 bits per heavy atom. The second-order valence-corrected chi connectivity index (χ2v) is 10.5. The Bertz CT molecular complexity index is 1560. The summed E-state index contributed by atoms with van der Waals surface area (Å²) < 4.78 is 43.9. The Hall–Kier alpha value is -3.68. The van der Waals surface area contributed by atoms with E-state index in [9.17, 15) is 17.9 Å². The number of anilines is 1. The summed E-state index contributed by atoms with van der Waals surface area (Å²) in [6, 6.07) is 27.7. The number of rotatable bonds is 7. The lowest BCUT2D eigenvalue weighted by Gasteiger charge is -2.27. The van der Waals surface area contributed by atoms with Crippen LogP contribution in [-0.4, -0.2) is 30.7 Å². The van der Waals surface area contributed by atoms with Crippen molar-refractivity contribution in [3.63, 3.8) is 0 Å². The van der Waals surface area contributed by atoms with Gasteiger partial charge in [0.05, 0.1) is 29.8 Å². The average molecular weight is 489 g/mol. The molecule has 0 aliphatic rings. The minimum atomic E-state index is -4.05. The molecule has 0 radical (unpaired) electrons. The highest BCUT2D eigenvalue weighted by molar-refractivity contribution is 7.92. The SMILES string of the molecule is Cc1cccc(N(C[C@H](O)Cn2c3ccccc3c3ccccc32)S(=O)(=O)c2ccc(F)cc2)c1. The van der Waals surface area contributed by atoms with Crippen LogP contribution in [0.1, 0.15) is 5.56 Å². The van der Waals surface area contributed by atoms with Crippen LogP contribution >= 0.6 is 0 Å². The summed E-state index contributed by atoms with van der Waals surface area (Å²) in [5.41, 5.74) is 3.27. The number of aliphatic hydroxyl groups excluding tert-OH is 1. The van der Waals surface area contributed by atoms with Crippen molar-refractivity contribution in [2.45, 2.75) is 24.5 Å². The maximum Gasteiger partial charge on any atom is 0.264 e. The average Bonchev–Trinajstić information content (AvgIpc) is 3.16. The van der Waals surface area contributed by atoms with Crippen LogP contribution < -0.4 is 4.31 Å². The van der Waals surface area contributed by atoms with Crippen molar-refractivity contribution in [1.29, 1.82) is 0 Å². The molecule has 1 atom stereocenters. The van der Waals surface area contributed by atoms with Crippen molar-refractivity contribution in [2.24, 2.45) is 0 Å². The van der Waals surface area contributed by atoms with E-state index >= 15 is 0 Å². The van der Waals surface area contributed by atoms with Gasteiger partial charge in [0, 0.05) is 21.8 Å². The van der Waals surface area contributed by atoms with E-state index in [1.165, 1.54) is 16.4 Å². The van der Waals surface area contributed by atoms with Gasteiger partial charge in [-0.2, -0.15) is 0 Å². The van der Waals surface area contributed by atoms with Gasteiger partial charge in [-0.3, -0.25) is 4.31 Å². The van der Waals surface area contributed by atoms with Crippen LogP contribution in [0.3, 0.4) is 0 Å². The van der Waals surface area contributed by atoms with E-state index in [-0.39, 0.29) is 18.0 Å². The van der Waals surface area contributed by atoms with E-state index in [0.29, 0.717) is 5.69 Å². The van der Waals surface area contributed by atoms with Crippen molar-refractivity contribution in [3.05, 3.63) is 108 Å². The number of hydrogen-bond acceptors (Lipinski definition) is 3. The van der Waals surface area contributed by atoms with Crippen LogP contribution in [0.5, 0.6) is 0 Å². The second-order valence-electron chi connectivity index (χ2n) is 8.63. The smallest absolute Gasteiger partial charge is 0.264 e. The molecule has 5 aromatic rings. The first-order chi connectivity index (χ1) is 16.8. The monoisotopic (exact) mass is 488 g/mol. The normalized spacial score (nSPS) is 12.8. The number of benzene rings is 4. The minimum absolute atomic E-state index is 0.0375. The quantitative estimate of drug-likeness (QED) is 0.329. The van der Waals surface area contributed by atoms with Gasteiger partial charge in [0.15, 0.2) is 0 Å². The lowest BCUT2D eigenvalue weighted by molar-refractivity contribution is 0.166. The summed E-state index contributed by atoms with van der Waals surface area (Å²) >= 11 is 0. The van der Waals surface area contributed by atoms with E-state index in [2.05, 4.69) is 0 Å². The van der Waals surface area contributed by atoms with Crippen molar-refractivity contribution in [2.75, 3.05) is 10.8 Å². The number of aromatic nitrogens is 1. The van der Waals surface area contributed by atoms with Crippen molar-refractivity contribution in [1.82, 2.24) is 4.57 Å². The largest absolute Gasteiger partial charge is 0.389 e. The molecule has 0 bridgehead atoms. The molecule has 1 heterocycles. The third kappa shape index (κ3) is 4.40. The van der Waals surface area contributed by atoms with Gasteiger partial charge < -0.3 is 9.67 Å². The first-order valence-corrected chi connectivity index (χ1v) is 12.8. The molecular weight excluding hydrogens is 463 g/mol. The number of nitrogens with zero attached hydrogens (tertiary/aromatic N) is 2. The predicted octanol–water partition coefficient (Wildman–Crippen LogP) is 5.50. The van der Waals surface area contributed by atoms with Crippen molar-refractivity contribution < 1.29 is 17.9 Å². The highest BCUT2D eigenvalue weighted by atomic mass is 32.2. The Kier molecular flexibility index (Phi) is 6.05. The Morgan fingerprint density at radius 3 is 2.06 bits per heavy atom. The number of aryl methyl sites for hydroxylation is 1. The van der Waals surface area contributed by atoms with E-state index in [1.807, 2.05) is 66.1 Å². The molecule has 5 rings (SSSR count). The molecule has 1 aromatic heterocycles. The lowest BCUT2D eigenvalue weighted by Crippen LogP contribution is -2.39. The van der Waals surface area contributed by atoms with E-state index < -0.39 is 21.9 Å². The number of fused-ring (bicyclic) bond motifs is 3. The molecule has 0 fully saturated rings.